The van der Waals surface area contributed by atoms with E-state index in [1.807, 2.05) is 50.2 Å². The van der Waals surface area contributed by atoms with Crippen LogP contribution in [0.4, 0.5) is 0 Å². The van der Waals surface area contributed by atoms with E-state index in [4.69, 9.17) is 9.47 Å². The number of ether oxygens (including phenoxy) is 2. The minimum absolute atomic E-state index is 0.0537. The van der Waals surface area contributed by atoms with Gasteiger partial charge in [-0.15, -0.1) is 0 Å². The molecule has 0 spiro atoms. The molecular weight excluding hydrogens is 264 g/mol. The van der Waals surface area contributed by atoms with Crippen LogP contribution in [0.5, 0.6) is 11.5 Å². The van der Waals surface area contributed by atoms with E-state index in [2.05, 4.69) is 0 Å². The number of carbonyl (C=O) groups excluding carboxylic acids is 1. The van der Waals surface area contributed by atoms with Gasteiger partial charge in [0.1, 0.15) is 11.5 Å². The van der Waals surface area contributed by atoms with Crippen molar-refractivity contribution >= 4 is 11.9 Å². The van der Waals surface area contributed by atoms with Crippen LogP contribution in [0.15, 0.2) is 42.2 Å². The quantitative estimate of drug-likeness (QED) is 0.782. The molecule has 3 nitrogen and oxygen atoms in total. The van der Waals surface area contributed by atoms with E-state index >= 15 is 0 Å². The Morgan fingerprint density at radius 2 is 1.67 bits per heavy atom. The van der Waals surface area contributed by atoms with Gasteiger partial charge in [0.2, 0.25) is 5.78 Å². The van der Waals surface area contributed by atoms with Crippen LogP contribution < -0.4 is 9.47 Å². The van der Waals surface area contributed by atoms with Gasteiger partial charge in [-0.3, -0.25) is 4.79 Å². The number of ketones is 1. The van der Waals surface area contributed by atoms with Gasteiger partial charge in [0.25, 0.3) is 0 Å². The zero-order valence-electron chi connectivity index (χ0n) is 12.3. The first-order valence-electron chi connectivity index (χ1n) is 6.78. The minimum Gasteiger partial charge on any atom is -0.497 e. The number of aryl methyl sites for hydroxylation is 2. The summed E-state index contributed by atoms with van der Waals surface area (Å²) in [6.45, 7) is 3.87. The lowest BCUT2D eigenvalue weighted by atomic mass is 10.0. The highest BCUT2D eigenvalue weighted by Crippen LogP contribution is 2.36. The molecule has 0 saturated heterocycles. The van der Waals surface area contributed by atoms with E-state index in [0.717, 1.165) is 22.4 Å². The van der Waals surface area contributed by atoms with E-state index < -0.39 is 0 Å². The van der Waals surface area contributed by atoms with Gasteiger partial charge in [0.15, 0.2) is 5.76 Å². The molecule has 0 unspecified atom stereocenters. The van der Waals surface area contributed by atoms with Gasteiger partial charge in [-0.05, 0) is 48.7 Å². The van der Waals surface area contributed by atoms with Gasteiger partial charge in [0.05, 0.1) is 12.7 Å². The first-order valence-corrected chi connectivity index (χ1v) is 6.78. The first kappa shape index (κ1) is 13.4. The smallest absolute Gasteiger partial charge is 0.232 e. The number of hydrogen-bond acceptors (Lipinski definition) is 3. The summed E-state index contributed by atoms with van der Waals surface area (Å²) in [6.07, 6.45) is 1.76. The third-order valence-electron chi connectivity index (χ3n) is 3.64. The summed E-state index contributed by atoms with van der Waals surface area (Å²) in [5, 5.41) is 0. The van der Waals surface area contributed by atoms with Crippen LogP contribution in [0.3, 0.4) is 0 Å². The molecule has 0 radical (unpaired) electrons. The molecule has 2 aromatic rings. The maximum Gasteiger partial charge on any atom is 0.232 e. The summed E-state index contributed by atoms with van der Waals surface area (Å²) < 4.78 is 10.9. The maximum atomic E-state index is 12.5. The zero-order valence-corrected chi connectivity index (χ0v) is 12.3. The van der Waals surface area contributed by atoms with Crippen molar-refractivity contribution < 1.29 is 14.3 Å². The molecule has 1 heterocycles. The highest BCUT2D eigenvalue weighted by molar-refractivity contribution is 6.15. The summed E-state index contributed by atoms with van der Waals surface area (Å²) in [5.41, 5.74) is 3.50. The van der Waals surface area contributed by atoms with Gasteiger partial charge in [0, 0.05) is 0 Å². The van der Waals surface area contributed by atoms with Crippen molar-refractivity contribution in [1.82, 2.24) is 0 Å². The van der Waals surface area contributed by atoms with E-state index in [-0.39, 0.29) is 5.78 Å². The van der Waals surface area contributed by atoms with Gasteiger partial charge in [-0.2, -0.15) is 0 Å². The Labute approximate surface area is 123 Å². The molecule has 1 aliphatic heterocycles. The van der Waals surface area contributed by atoms with Crippen molar-refractivity contribution in [3.8, 4) is 11.5 Å². The second kappa shape index (κ2) is 5.09. The third-order valence-corrected chi connectivity index (χ3v) is 3.64. The van der Waals surface area contributed by atoms with E-state index in [0.29, 0.717) is 17.1 Å². The number of methoxy groups -OCH3 is 1. The molecule has 3 rings (SSSR count). The Bertz CT molecular complexity index is 740. The van der Waals surface area contributed by atoms with Crippen molar-refractivity contribution in [1.29, 1.82) is 0 Å². The van der Waals surface area contributed by atoms with Gasteiger partial charge in [-0.25, -0.2) is 0 Å². The topological polar surface area (TPSA) is 35.5 Å². The average molecular weight is 280 g/mol. The van der Waals surface area contributed by atoms with Gasteiger partial charge >= 0.3 is 0 Å². The van der Waals surface area contributed by atoms with Crippen LogP contribution in [-0.4, -0.2) is 12.9 Å². The van der Waals surface area contributed by atoms with E-state index in [1.54, 1.807) is 13.2 Å². The number of fused-ring (bicyclic) bond motifs is 1. The Balaban J connectivity index is 1.98. The molecule has 0 saturated carbocycles. The highest BCUT2D eigenvalue weighted by Gasteiger charge is 2.30. The lowest BCUT2D eigenvalue weighted by Crippen LogP contribution is -1.99. The number of rotatable bonds is 2. The molecule has 21 heavy (non-hydrogen) atoms. The predicted octanol–water partition coefficient (Wildman–Crippen LogP) is 3.93. The maximum absolute atomic E-state index is 12.5. The van der Waals surface area contributed by atoms with Crippen LogP contribution in [0.1, 0.15) is 27.0 Å². The molecule has 0 aliphatic carbocycles. The molecular formula is C18H16O3. The Morgan fingerprint density at radius 1 is 1.00 bits per heavy atom. The lowest BCUT2D eigenvalue weighted by Gasteiger charge is -2.03. The molecule has 0 fully saturated rings. The fourth-order valence-corrected chi connectivity index (χ4v) is 2.43. The molecule has 106 valence electrons. The number of hydrogen-bond donors (Lipinski definition) is 0. The summed E-state index contributed by atoms with van der Waals surface area (Å²) in [4.78, 5) is 12.5. The SMILES string of the molecule is COc1ccc(/C=C2\Oc3c(C)ccc(C)c3C2=O)cc1. The monoisotopic (exact) mass is 280 g/mol. The Hall–Kier alpha value is -2.55. The van der Waals surface area contributed by atoms with Crippen LogP contribution in [0, 0.1) is 13.8 Å². The van der Waals surface area contributed by atoms with Crippen molar-refractivity contribution in [2.24, 2.45) is 0 Å². The molecule has 0 bridgehead atoms. The normalized spacial score (nSPS) is 15.0. The molecule has 0 N–H and O–H groups in total. The number of carbonyl (C=O) groups is 1. The molecule has 2 aromatic carbocycles. The molecule has 3 heteroatoms. The summed E-state index contributed by atoms with van der Waals surface area (Å²) in [7, 11) is 1.62. The molecule has 0 atom stereocenters. The van der Waals surface area contributed by atoms with Gasteiger partial charge < -0.3 is 9.47 Å². The van der Waals surface area contributed by atoms with Crippen molar-refractivity contribution in [2.45, 2.75) is 13.8 Å². The minimum atomic E-state index is -0.0537. The Morgan fingerprint density at radius 3 is 2.29 bits per heavy atom. The van der Waals surface area contributed by atoms with Crippen molar-refractivity contribution in [2.75, 3.05) is 7.11 Å². The number of benzene rings is 2. The van der Waals surface area contributed by atoms with Crippen molar-refractivity contribution in [3.05, 3.63) is 64.4 Å². The summed E-state index contributed by atoms with van der Waals surface area (Å²) in [6, 6.07) is 11.4. The lowest BCUT2D eigenvalue weighted by molar-refractivity contribution is 0.101. The van der Waals surface area contributed by atoms with Crippen LogP contribution >= 0.6 is 0 Å². The average Bonchev–Trinajstić information content (AvgIpc) is 2.82. The first-order chi connectivity index (χ1) is 10.1. The molecule has 0 amide bonds. The second-order valence-corrected chi connectivity index (χ2v) is 5.12. The number of allylic oxidation sites excluding steroid dienone is 1. The predicted molar refractivity (Wildman–Crippen MR) is 81.8 cm³/mol. The third kappa shape index (κ3) is 2.31. The summed E-state index contributed by atoms with van der Waals surface area (Å²) in [5.74, 6) is 1.78. The summed E-state index contributed by atoms with van der Waals surface area (Å²) >= 11 is 0. The van der Waals surface area contributed by atoms with Crippen molar-refractivity contribution in [3.63, 3.8) is 0 Å². The van der Waals surface area contributed by atoms with Crippen LogP contribution in [0.2, 0.25) is 0 Å². The highest BCUT2D eigenvalue weighted by atomic mass is 16.5. The van der Waals surface area contributed by atoms with Gasteiger partial charge in [-0.1, -0.05) is 24.3 Å². The largest absolute Gasteiger partial charge is 0.497 e. The zero-order chi connectivity index (χ0) is 15.0. The standard InChI is InChI=1S/C18H16O3/c1-11-4-5-12(2)18-16(11)17(19)15(21-18)10-13-6-8-14(20-3)9-7-13/h4-10H,1-3H3/b15-10-. The van der Waals surface area contributed by atoms with Crippen LogP contribution in [0.25, 0.3) is 6.08 Å². The second-order valence-electron chi connectivity index (χ2n) is 5.12. The Kier molecular flexibility index (Phi) is 3.26. The fraction of sp³-hybridized carbons (Fsp3) is 0.167. The van der Waals surface area contributed by atoms with Crippen LogP contribution in [-0.2, 0) is 0 Å². The molecule has 0 aromatic heterocycles. The van der Waals surface area contributed by atoms with E-state index in [9.17, 15) is 4.79 Å². The fourth-order valence-electron chi connectivity index (χ4n) is 2.43. The molecule has 1 aliphatic rings. The number of Topliss-reactive ketones (excluding diaryl/α,β-unsaturated/α-hetero) is 1. The van der Waals surface area contributed by atoms with E-state index in [1.165, 1.54) is 0 Å².